The lowest BCUT2D eigenvalue weighted by atomic mass is 9.82. The molecule has 2 fully saturated rings. The molecule has 2 aliphatic rings. The highest BCUT2D eigenvalue weighted by Gasteiger charge is 2.35. The maximum atomic E-state index is 12.2. The molecular weight excluding hydrogens is 390 g/mol. The molecule has 0 radical (unpaired) electrons. The van der Waals surface area contributed by atoms with Gasteiger partial charge in [-0.05, 0) is 56.9 Å². The van der Waals surface area contributed by atoms with E-state index in [1.165, 1.54) is 0 Å². The molecule has 4 rings (SSSR count). The lowest BCUT2D eigenvalue weighted by Gasteiger charge is -2.46. The second-order valence-electron chi connectivity index (χ2n) is 8.76. The Hall–Kier alpha value is -2.93. The highest BCUT2D eigenvalue weighted by molar-refractivity contribution is 5.96. The van der Waals surface area contributed by atoms with Gasteiger partial charge in [0.05, 0.1) is 12.6 Å². The van der Waals surface area contributed by atoms with Gasteiger partial charge in [-0.25, -0.2) is 4.98 Å². The standard InChI is InChI=1S/C24H31N5O2/c1-16-4-2-5-18(12-16)24(31)26-13-23(30)27-19-14-29(15-19)20-10-8-17(9-11-20)21-6-3-7-22(25)28-21/h2-7,12,17,19-20H,8-11,13-15H2,1H3,(H2,25,28)(H,26,31)(H,27,30)/t17-,20+. The first-order valence-corrected chi connectivity index (χ1v) is 11.1. The summed E-state index contributed by atoms with van der Waals surface area (Å²) in [4.78, 5) is 31.3. The van der Waals surface area contributed by atoms with Crippen molar-refractivity contribution in [2.24, 2.45) is 0 Å². The Bertz CT molecular complexity index is 933. The van der Waals surface area contributed by atoms with Crippen molar-refractivity contribution in [2.75, 3.05) is 25.4 Å². The number of nitrogen functional groups attached to an aromatic ring is 1. The predicted molar refractivity (Wildman–Crippen MR) is 121 cm³/mol. The highest BCUT2D eigenvalue weighted by atomic mass is 16.2. The molecule has 31 heavy (non-hydrogen) atoms. The van der Waals surface area contributed by atoms with Gasteiger partial charge in [-0.3, -0.25) is 14.5 Å². The van der Waals surface area contributed by atoms with Gasteiger partial charge in [-0.1, -0.05) is 23.8 Å². The van der Waals surface area contributed by atoms with Crippen LogP contribution in [0.2, 0.25) is 0 Å². The number of hydrogen-bond donors (Lipinski definition) is 3. The molecule has 0 spiro atoms. The maximum absolute atomic E-state index is 12.2. The zero-order valence-corrected chi connectivity index (χ0v) is 18.0. The van der Waals surface area contributed by atoms with E-state index in [0.29, 0.717) is 23.3 Å². The summed E-state index contributed by atoms with van der Waals surface area (Å²) < 4.78 is 0. The van der Waals surface area contributed by atoms with Crippen molar-refractivity contribution in [3.63, 3.8) is 0 Å². The number of hydrogen-bond acceptors (Lipinski definition) is 5. The van der Waals surface area contributed by atoms with Gasteiger partial charge in [-0.15, -0.1) is 0 Å². The summed E-state index contributed by atoms with van der Waals surface area (Å²) in [6, 6.07) is 14.0. The van der Waals surface area contributed by atoms with Gasteiger partial charge in [0.25, 0.3) is 5.91 Å². The lowest BCUT2D eigenvalue weighted by Crippen LogP contribution is -2.63. The molecule has 164 valence electrons. The zero-order valence-electron chi connectivity index (χ0n) is 18.0. The predicted octanol–water partition coefficient (Wildman–Crippen LogP) is 2.23. The highest BCUT2D eigenvalue weighted by Crippen LogP contribution is 2.35. The summed E-state index contributed by atoms with van der Waals surface area (Å²) in [6.45, 7) is 3.70. The monoisotopic (exact) mass is 421 g/mol. The van der Waals surface area contributed by atoms with Crippen LogP contribution in [0.5, 0.6) is 0 Å². The number of aromatic nitrogens is 1. The fourth-order valence-corrected chi connectivity index (χ4v) is 4.66. The van der Waals surface area contributed by atoms with Crippen LogP contribution in [-0.2, 0) is 4.79 Å². The third-order valence-electron chi connectivity index (χ3n) is 6.39. The maximum Gasteiger partial charge on any atom is 0.251 e. The first-order valence-electron chi connectivity index (χ1n) is 11.1. The molecule has 2 amide bonds. The van der Waals surface area contributed by atoms with Gasteiger partial charge in [0, 0.05) is 36.3 Å². The van der Waals surface area contributed by atoms with Crippen LogP contribution in [0.25, 0.3) is 0 Å². The summed E-state index contributed by atoms with van der Waals surface area (Å²) in [5, 5.41) is 5.72. The smallest absolute Gasteiger partial charge is 0.251 e. The van der Waals surface area contributed by atoms with Gasteiger partial charge >= 0.3 is 0 Å². The van der Waals surface area contributed by atoms with Crippen LogP contribution in [0.15, 0.2) is 42.5 Å². The van der Waals surface area contributed by atoms with E-state index < -0.39 is 0 Å². The Labute approximate surface area is 183 Å². The van der Waals surface area contributed by atoms with Gasteiger partial charge in [0.2, 0.25) is 5.91 Å². The largest absolute Gasteiger partial charge is 0.384 e. The van der Waals surface area contributed by atoms with Gasteiger partial charge in [-0.2, -0.15) is 0 Å². The van der Waals surface area contributed by atoms with Crippen molar-refractivity contribution in [3.8, 4) is 0 Å². The number of benzene rings is 1. The molecule has 7 nitrogen and oxygen atoms in total. The lowest BCUT2D eigenvalue weighted by molar-refractivity contribution is -0.122. The van der Waals surface area contributed by atoms with Crippen LogP contribution >= 0.6 is 0 Å². The average Bonchev–Trinajstić information content (AvgIpc) is 2.74. The minimum Gasteiger partial charge on any atom is -0.384 e. The number of pyridine rings is 1. The molecule has 2 heterocycles. The van der Waals surface area contributed by atoms with Crippen molar-refractivity contribution in [3.05, 3.63) is 59.3 Å². The fraction of sp³-hybridized carbons (Fsp3) is 0.458. The van der Waals surface area contributed by atoms with Crippen LogP contribution in [0.1, 0.15) is 53.2 Å². The molecule has 2 aromatic rings. The molecule has 0 unspecified atom stereocenters. The van der Waals surface area contributed by atoms with Crippen LogP contribution in [0.3, 0.4) is 0 Å². The summed E-state index contributed by atoms with van der Waals surface area (Å²) in [6.07, 6.45) is 4.54. The Morgan fingerprint density at radius 2 is 1.84 bits per heavy atom. The third-order valence-corrected chi connectivity index (χ3v) is 6.39. The number of anilines is 1. The molecule has 1 aliphatic carbocycles. The minimum absolute atomic E-state index is 0.00158. The molecule has 0 atom stereocenters. The summed E-state index contributed by atoms with van der Waals surface area (Å²) in [5.41, 5.74) is 8.53. The van der Waals surface area contributed by atoms with E-state index in [2.05, 4.69) is 26.6 Å². The number of carbonyl (C=O) groups excluding carboxylic acids is 2. The van der Waals surface area contributed by atoms with E-state index in [4.69, 9.17) is 5.73 Å². The fourth-order valence-electron chi connectivity index (χ4n) is 4.66. The molecule has 1 saturated carbocycles. The number of nitrogens with two attached hydrogens (primary N) is 1. The van der Waals surface area contributed by atoms with Crippen molar-refractivity contribution in [1.82, 2.24) is 20.5 Å². The Balaban J connectivity index is 1.15. The van der Waals surface area contributed by atoms with Crippen molar-refractivity contribution in [2.45, 2.75) is 50.6 Å². The Kier molecular flexibility index (Phi) is 6.51. The molecule has 7 heteroatoms. The number of carbonyl (C=O) groups is 2. The molecule has 1 aromatic carbocycles. The number of likely N-dealkylation sites (tertiary alicyclic amines) is 1. The van der Waals surface area contributed by atoms with Crippen LogP contribution in [0, 0.1) is 6.92 Å². The van der Waals surface area contributed by atoms with E-state index in [9.17, 15) is 9.59 Å². The topological polar surface area (TPSA) is 100 Å². The second-order valence-corrected chi connectivity index (χ2v) is 8.76. The van der Waals surface area contributed by atoms with E-state index in [1.807, 2.05) is 37.3 Å². The minimum atomic E-state index is -0.222. The molecular formula is C24H31N5O2. The van der Waals surface area contributed by atoms with Crippen molar-refractivity contribution < 1.29 is 9.59 Å². The summed E-state index contributed by atoms with van der Waals surface area (Å²) in [5.74, 6) is 0.729. The van der Waals surface area contributed by atoms with E-state index in [0.717, 1.165) is 50.0 Å². The second kappa shape index (κ2) is 9.47. The third kappa shape index (κ3) is 5.41. The summed E-state index contributed by atoms with van der Waals surface area (Å²) >= 11 is 0. The SMILES string of the molecule is Cc1cccc(C(=O)NCC(=O)NC2CN([C@H]3CC[C@@H](c4cccc(N)n4)CC3)C2)c1. The number of aryl methyl sites for hydroxylation is 1. The van der Waals surface area contributed by atoms with Crippen molar-refractivity contribution in [1.29, 1.82) is 0 Å². The normalized spacial score (nSPS) is 21.8. The molecule has 4 N–H and O–H groups in total. The average molecular weight is 422 g/mol. The van der Waals surface area contributed by atoms with E-state index in [1.54, 1.807) is 6.07 Å². The number of nitrogens with zero attached hydrogens (tertiary/aromatic N) is 2. The number of rotatable bonds is 6. The quantitative estimate of drug-likeness (QED) is 0.664. The van der Waals surface area contributed by atoms with Crippen LogP contribution in [-0.4, -0.2) is 53.4 Å². The molecule has 1 aliphatic heterocycles. The molecule has 0 bridgehead atoms. The van der Waals surface area contributed by atoms with E-state index >= 15 is 0 Å². The number of amides is 2. The Morgan fingerprint density at radius 3 is 2.55 bits per heavy atom. The number of nitrogens with one attached hydrogen (secondary N) is 2. The Morgan fingerprint density at radius 1 is 1.10 bits per heavy atom. The van der Waals surface area contributed by atoms with Gasteiger partial charge in [0.1, 0.15) is 5.82 Å². The van der Waals surface area contributed by atoms with Crippen LogP contribution < -0.4 is 16.4 Å². The van der Waals surface area contributed by atoms with Gasteiger partial charge in [0.15, 0.2) is 0 Å². The summed E-state index contributed by atoms with van der Waals surface area (Å²) in [7, 11) is 0. The van der Waals surface area contributed by atoms with Gasteiger partial charge < -0.3 is 16.4 Å². The molecule has 1 aromatic heterocycles. The zero-order chi connectivity index (χ0) is 21.8. The van der Waals surface area contributed by atoms with Crippen LogP contribution in [0.4, 0.5) is 5.82 Å². The van der Waals surface area contributed by atoms with Crippen molar-refractivity contribution >= 4 is 17.6 Å². The first-order chi connectivity index (χ1) is 15.0. The molecule has 1 saturated heterocycles. The first kappa shape index (κ1) is 21.3. The van der Waals surface area contributed by atoms with E-state index in [-0.39, 0.29) is 24.4 Å².